The fraction of sp³-hybridized carbons (Fsp3) is 0.481. The Hall–Kier alpha value is -2.69. The van der Waals surface area contributed by atoms with E-state index in [0.29, 0.717) is 37.2 Å². The van der Waals surface area contributed by atoms with Crippen LogP contribution in [0.1, 0.15) is 80.6 Å². The first kappa shape index (κ1) is 25.6. The second-order valence-electron chi connectivity index (χ2n) is 8.37. The fourth-order valence-corrected chi connectivity index (χ4v) is 3.62. The molecule has 0 radical (unpaired) electrons. The lowest BCUT2D eigenvalue weighted by Gasteiger charge is -2.23. The summed E-state index contributed by atoms with van der Waals surface area (Å²) in [6.45, 7) is 5.13. The average Bonchev–Trinajstić information content (AvgIpc) is 2.79. The summed E-state index contributed by atoms with van der Waals surface area (Å²) in [7, 11) is 0. The van der Waals surface area contributed by atoms with E-state index in [9.17, 15) is 14.0 Å². The van der Waals surface area contributed by atoms with Gasteiger partial charge in [-0.05, 0) is 56.2 Å². The molecule has 2 aromatic carbocycles. The first-order valence-corrected chi connectivity index (χ1v) is 11.9. The molecule has 2 aromatic rings. The Balaban J connectivity index is 1.80. The van der Waals surface area contributed by atoms with Gasteiger partial charge in [-0.2, -0.15) is 0 Å². The number of unbranched alkanes of at least 4 members (excludes halogenated alkanes) is 6. The van der Waals surface area contributed by atoms with Gasteiger partial charge in [-0.25, -0.2) is 4.39 Å². The van der Waals surface area contributed by atoms with Gasteiger partial charge in [0.05, 0.1) is 0 Å². The van der Waals surface area contributed by atoms with E-state index >= 15 is 0 Å². The minimum Gasteiger partial charge on any atom is -0.356 e. The van der Waals surface area contributed by atoms with Gasteiger partial charge in [0.15, 0.2) is 0 Å². The van der Waals surface area contributed by atoms with Gasteiger partial charge in [0.1, 0.15) is 5.82 Å². The third-order valence-electron chi connectivity index (χ3n) is 5.57. The monoisotopic (exact) mass is 440 g/mol. The highest BCUT2D eigenvalue weighted by Crippen LogP contribution is 2.19. The van der Waals surface area contributed by atoms with E-state index in [1.807, 2.05) is 19.1 Å². The van der Waals surface area contributed by atoms with Crippen molar-refractivity contribution in [2.75, 3.05) is 18.0 Å². The van der Waals surface area contributed by atoms with E-state index in [2.05, 4.69) is 12.2 Å². The SMILES string of the molecule is CCCCCCCCCC(=O)NCCCN(C(=O)c1ccc(C)cc1)c1ccc(F)cc1. The van der Waals surface area contributed by atoms with Gasteiger partial charge in [-0.15, -0.1) is 0 Å². The molecule has 0 aliphatic carbocycles. The van der Waals surface area contributed by atoms with Crippen LogP contribution in [0.4, 0.5) is 10.1 Å². The molecule has 0 aliphatic rings. The molecule has 0 unspecified atom stereocenters. The molecule has 1 N–H and O–H groups in total. The number of hydrogen-bond donors (Lipinski definition) is 1. The van der Waals surface area contributed by atoms with Crippen LogP contribution in [-0.4, -0.2) is 24.9 Å². The van der Waals surface area contributed by atoms with Gasteiger partial charge in [-0.1, -0.05) is 63.1 Å². The van der Waals surface area contributed by atoms with Crippen molar-refractivity contribution in [2.45, 2.75) is 71.6 Å². The molecule has 4 nitrogen and oxygen atoms in total. The third kappa shape index (κ3) is 9.21. The molecule has 0 spiro atoms. The zero-order chi connectivity index (χ0) is 23.2. The molecule has 174 valence electrons. The van der Waals surface area contributed by atoms with E-state index in [0.717, 1.165) is 18.4 Å². The molecule has 0 heterocycles. The molecular formula is C27H37FN2O2. The number of rotatable bonds is 14. The second kappa shape index (κ2) is 14.4. The molecule has 2 rings (SSSR count). The van der Waals surface area contributed by atoms with Crippen molar-refractivity contribution in [3.05, 3.63) is 65.5 Å². The number of halogens is 1. The molecule has 0 fully saturated rings. The molecule has 0 saturated heterocycles. The Morgan fingerprint density at radius 3 is 2.12 bits per heavy atom. The van der Waals surface area contributed by atoms with E-state index in [-0.39, 0.29) is 17.6 Å². The molecule has 0 aromatic heterocycles. The van der Waals surface area contributed by atoms with Crippen LogP contribution in [0, 0.1) is 12.7 Å². The highest BCUT2D eigenvalue weighted by atomic mass is 19.1. The summed E-state index contributed by atoms with van der Waals surface area (Å²) >= 11 is 0. The summed E-state index contributed by atoms with van der Waals surface area (Å²) in [6, 6.07) is 13.3. The lowest BCUT2D eigenvalue weighted by Crippen LogP contribution is -2.34. The molecule has 0 atom stereocenters. The summed E-state index contributed by atoms with van der Waals surface area (Å²) in [6.07, 6.45) is 9.47. The first-order chi connectivity index (χ1) is 15.5. The molecule has 32 heavy (non-hydrogen) atoms. The molecular weight excluding hydrogens is 403 g/mol. The lowest BCUT2D eigenvalue weighted by molar-refractivity contribution is -0.121. The van der Waals surface area contributed by atoms with Crippen molar-refractivity contribution < 1.29 is 14.0 Å². The summed E-state index contributed by atoms with van der Waals surface area (Å²) in [5, 5.41) is 2.96. The summed E-state index contributed by atoms with van der Waals surface area (Å²) in [5.74, 6) is -0.406. The zero-order valence-corrected chi connectivity index (χ0v) is 19.5. The minimum absolute atomic E-state index is 0.0664. The van der Waals surface area contributed by atoms with Crippen molar-refractivity contribution in [3.8, 4) is 0 Å². The molecule has 2 amide bonds. The lowest BCUT2D eigenvalue weighted by atomic mass is 10.1. The summed E-state index contributed by atoms with van der Waals surface area (Å²) in [4.78, 5) is 26.8. The predicted octanol–water partition coefficient (Wildman–Crippen LogP) is 6.43. The number of hydrogen-bond acceptors (Lipinski definition) is 2. The summed E-state index contributed by atoms with van der Waals surface area (Å²) < 4.78 is 13.4. The van der Waals surface area contributed by atoms with E-state index in [1.165, 1.54) is 44.2 Å². The molecule has 0 aliphatic heterocycles. The number of carbonyl (C=O) groups excluding carboxylic acids is 2. The van der Waals surface area contributed by atoms with E-state index < -0.39 is 0 Å². The van der Waals surface area contributed by atoms with Gasteiger partial charge < -0.3 is 10.2 Å². The third-order valence-corrected chi connectivity index (χ3v) is 5.57. The Kier molecular flexibility index (Phi) is 11.5. The van der Waals surface area contributed by atoms with Gasteiger partial charge in [-0.3, -0.25) is 9.59 Å². The number of benzene rings is 2. The highest BCUT2D eigenvalue weighted by molar-refractivity contribution is 6.06. The number of aryl methyl sites for hydroxylation is 1. The van der Waals surface area contributed by atoms with Crippen LogP contribution in [-0.2, 0) is 4.79 Å². The van der Waals surface area contributed by atoms with Gasteiger partial charge in [0.25, 0.3) is 5.91 Å². The van der Waals surface area contributed by atoms with Crippen LogP contribution < -0.4 is 10.2 Å². The van der Waals surface area contributed by atoms with Crippen LogP contribution in [0.15, 0.2) is 48.5 Å². The maximum Gasteiger partial charge on any atom is 0.258 e. The normalized spacial score (nSPS) is 10.7. The smallest absolute Gasteiger partial charge is 0.258 e. The first-order valence-electron chi connectivity index (χ1n) is 11.9. The minimum atomic E-state index is -0.339. The van der Waals surface area contributed by atoms with Crippen LogP contribution in [0.5, 0.6) is 0 Å². The Morgan fingerprint density at radius 2 is 1.47 bits per heavy atom. The Bertz CT molecular complexity index is 819. The van der Waals surface area contributed by atoms with Crippen molar-refractivity contribution in [1.29, 1.82) is 0 Å². The van der Waals surface area contributed by atoms with Gasteiger partial charge in [0, 0.05) is 30.8 Å². The highest BCUT2D eigenvalue weighted by Gasteiger charge is 2.17. The number of anilines is 1. The Morgan fingerprint density at radius 1 is 0.844 bits per heavy atom. The van der Waals surface area contributed by atoms with Crippen LogP contribution in [0.3, 0.4) is 0 Å². The number of nitrogens with one attached hydrogen (secondary N) is 1. The van der Waals surface area contributed by atoms with Crippen LogP contribution in [0.2, 0.25) is 0 Å². The molecule has 0 saturated carbocycles. The fourth-order valence-electron chi connectivity index (χ4n) is 3.62. The van der Waals surface area contributed by atoms with Gasteiger partial charge >= 0.3 is 0 Å². The van der Waals surface area contributed by atoms with E-state index in [1.54, 1.807) is 29.2 Å². The number of nitrogens with zero attached hydrogens (tertiary/aromatic N) is 1. The topological polar surface area (TPSA) is 49.4 Å². The average molecular weight is 441 g/mol. The van der Waals surface area contributed by atoms with Gasteiger partial charge in [0.2, 0.25) is 5.91 Å². The predicted molar refractivity (Wildman–Crippen MR) is 129 cm³/mol. The second-order valence-corrected chi connectivity index (χ2v) is 8.37. The van der Waals surface area contributed by atoms with Crippen LogP contribution >= 0.6 is 0 Å². The van der Waals surface area contributed by atoms with Crippen molar-refractivity contribution >= 4 is 17.5 Å². The maximum absolute atomic E-state index is 13.4. The Labute approximate surface area is 192 Å². The van der Waals surface area contributed by atoms with Crippen LogP contribution in [0.25, 0.3) is 0 Å². The quantitative estimate of drug-likeness (QED) is 0.344. The summed E-state index contributed by atoms with van der Waals surface area (Å²) in [5.41, 5.74) is 2.31. The number of carbonyl (C=O) groups is 2. The number of amides is 2. The van der Waals surface area contributed by atoms with E-state index in [4.69, 9.17) is 0 Å². The zero-order valence-electron chi connectivity index (χ0n) is 19.5. The van der Waals surface area contributed by atoms with Crippen molar-refractivity contribution in [1.82, 2.24) is 5.32 Å². The van der Waals surface area contributed by atoms with Crippen molar-refractivity contribution in [3.63, 3.8) is 0 Å². The standard InChI is InChI=1S/C27H37FN2O2/c1-3-4-5-6-7-8-9-11-26(31)29-20-10-21-30(25-18-16-24(28)17-19-25)27(32)23-14-12-22(2)13-15-23/h12-19H,3-11,20-21H2,1-2H3,(H,29,31). The molecule has 0 bridgehead atoms. The maximum atomic E-state index is 13.4. The van der Waals surface area contributed by atoms with Crippen molar-refractivity contribution in [2.24, 2.45) is 0 Å². The largest absolute Gasteiger partial charge is 0.356 e. The molecule has 5 heteroatoms.